The maximum absolute atomic E-state index is 12.1. The Hall–Kier alpha value is -1.65. The molecule has 0 bridgehead atoms. The highest BCUT2D eigenvalue weighted by Gasteiger charge is 2.13. The molecule has 2 aromatic carbocycles. The van der Waals surface area contributed by atoms with Crippen LogP contribution in [0.5, 0.6) is 0 Å². The van der Waals surface area contributed by atoms with Gasteiger partial charge in [-0.2, -0.15) is 0 Å². The van der Waals surface area contributed by atoms with E-state index in [0.29, 0.717) is 21.8 Å². The number of rotatable bonds is 1. The summed E-state index contributed by atoms with van der Waals surface area (Å²) >= 11 is 9.39. The van der Waals surface area contributed by atoms with Crippen molar-refractivity contribution >= 4 is 38.4 Å². The third-order valence-corrected chi connectivity index (χ3v) is 3.90. The van der Waals surface area contributed by atoms with Crippen molar-refractivity contribution in [3.63, 3.8) is 0 Å². The van der Waals surface area contributed by atoms with Gasteiger partial charge in [-0.3, -0.25) is 0 Å². The van der Waals surface area contributed by atoms with Crippen molar-refractivity contribution in [2.45, 2.75) is 6.92 Å². The zero-order valence-corrected chi connectivity index (χ0v) is 12.8. The lowest BCUT2D eigenvalue weighted by Crippen LogP contribution is -2.04. The second-order valence-corrected chi connectivity index (χ2v) is 5.70. The molecule has 100 valence electrons. The minimum Gasteiger partial charge on any atom is -0.403 e. The van der Waals surface area contributed by atoms with Crippen LogP contribution in [-0.4, -0.2) is 4.98 Å². The number of nitrogens with zero attached hydrogens (tertiary/aromatic N) is 1. The molecule has 3 nitrogen and oxygen atoms in total. The van der Waals surface area contributed by atoms with Crippen molar-refractivity contribution in [1.82, 2.24) is 4.98 Å². The molecule has 0 spiro atoms. The van der Waals surface area contributed by atoms with Gasteiger partial charge in [-0.05, 0) is 52.7 Å². The van der Waals surface area contributed by atoms with Gasteiger partial charge in [0, 0.05) is 9.50 Å². The summed E-state index contributed by atoms with van der Waals surface area (Å²) in [6, 6.07) is 10.8. The SMILES string of the molecule is Cc1cc(Cl)cc2c(=O)oc(-c3ccccc3Br)nc12. The minimum absolute atomic E-state index is 0.292. The van der Waals surface area contributed by atoms with E-state index in [1.807, 2.05) is 31.2 Å². The minimum atomic E-state index is -0.439. The van der Waals surface area contributed by atoms with Gasteiger partial charge >= 0.3 is 5.63 Å². The number of aryl methyl sites for hydroxylation is 1. The van der Waals surface area contributed by atoms with Gasteiger partial charge < -0.3 is 4.42 Å². The smallest absolute Gasteiger partial charge is 0.347 e. The molecule has 0 radical (unpaired) electrons. The molecule has 0 N–H and O–H groups in total. The second kappa shape index (κ2) is 5.04. The van der Waals surface area contributed by atoms with Crippen molar-refractivity contribution < 1.29 is 4.42 Å². The van der Waals surface area contributed by atoms with E-state index in [1.54, 1.807) is 12.1 Å². The maximum atomic E-state index is 12.1. The van der Waals surface area contributed by atoms with Gasteiger partial charge in [-0.15, -0.1) is 0 Å². The van der Waals surface area contributed by atoms with Gasteiger partial charge in [-0.25, -0.2) is 9.78 Å². The summed E-state index contributed by atoms with van der Waals surface area (Å²) in [7, 11) is 0. The molecule has 20 heavy (non-hydrogen) atoms. The number of hydrogen-bond acceptors (Lipinski definition) is 3. The Morgan fingerprint density at radius 2 is 2.00 bits per heavy atom. The molecule has 0 unspecified atom stereocenters. The Kier molecular flexibility index (Phi) is 3.36. The van der Waals surface area contributed by atoms with E-state index in [-0.39, 0.29) is 0 Å². The van der Waals surface area contributed by atoms with Crippen LogP contribution in [0.1, 0.15) is 5.56 Å². The summed E-state index contributed by atoms with van der Waals surface area (Å²) in [5, 5.41) is 0.892. The fourth-order valence-corrected chi connectivity index (χ4v) is 2.78. The van der Waals surface area contributed by atoms with Gasteiger partial charge in [0.25, 0.3) is 0 Å². The fraction of sp³-hybridized carbons (Fsp3) is 0.0667. The maximum Gasteiger partial charge on any atom is 0.347 e. The van der Waals surface area contributed by atoms with Crippen molar-refractivity contribution in [2.24, 2.45) is 0 Å². The number of fused-ring (bicyclic) bond motifs is 1. The van der Waals surface area contributed by atoms with Crippen molar-refractivity contribution in [1.29, 1.82) is 0 Å². The molecule has 0 aliphatic rings. The highest BCUT2D eigenvalue weighted by Crippen LogP contribution is 2.28. The Morgan fingerprint density at radius 3 is 2.75 bits per heavy atom. The number of benzene rings is 2. The zero-order chi connectivity index (χ0) is 14.3. The first-order chi connectivity index (χ1) is 9.56. The molecule has 0 saturated carbocycles. The van der Waals surface area contributed by atoms with Crippen molar-refractivity contribution in [3.05, 3.63) is 61.9 Å². The molecule has 0 fully saturated rings. The number of hydrogen-bond donors (Lipinski definition) is 0. The van der Waals surface area contributed by atoms with Gasteiger partial charge in [-0.1, -0.05) is 23.7 Å². The summed E-state index contributed by atoms with van der Waals surface area (Å²) in [6.07, 6.45) is 0. The Balaban J connectivity index is 2.36. The highest BCUT2D eigenvalue weighted by atomic mass is 79.9. The largest absolute Gasteiger partial charge is 0.403 e. The van der Waals surface area contributed by atoms with Gasteiger partial charge in [0.15, 0.2) is 0 Å². The second-order valence-electron chi connectivity index (χ2n) is 4.41. The third-order valence-electron chi connectivity index (χ3n) is 2.99. The monoisotopic (exact) mass is 349 g/mol. The standard InChI is InChI=1S/C15H9BrClNO2/c1-8-6-9(17)7-11-13(8)18-14(20-15(11)19)10-4-2-3-5-12(10)16/h2-7H,1H3. The Labute approximate surface area is 128 Å². The van der Waals surface area contributed by atoms with E-state index in [4.69, 9.17) is 16.0 Å². The molecular weight excluding hydrogens is 342 g/mol. The molecule has 0 aliphatic heterocycles. The zero-order valence-electron chi connectivity index (χ0n) is 10.5. The molecule has 1 aromatic heterocycles. The number of aromatic nitrogens is 1. The van der Waals surface area contributed by atoms with E-state index in [1.165, 1.54) is 0 Å². The van der Waals surface area contributed by atoms with Crippen LogP contribution >= 0.6 is 27.5 Å². The van der Waals surface area contributed by atoms with E-state index in [0.717, 1.165) is 15.6 Å². The van der Waals surface area contributed by atoms with Gasteiger partial charge in [0.05, 0.1) is 16.5 Å². The number of halogens is 2. The first-order valence-electron chi connectivity index (χ1n) is 5.92. The molecule has 0 aliphatic carbocycles. The topological polar surface area (TPSA) is 43.1 Å². The molecule has 5 heteroatoms. The average molecular weight is 351 g/mol. The van der Waals surface area contributed by atoms with Crippen LogP contribution in [0.2, 0.25) is 5.02 Å². The van der Waals surface area contributed by atoms with Crippen LogP contribution in [-0.2, 0) is 0 Å². The summed E-state index contributed by atoms with van der Waals surface area (Å²) in [5.41, 5.74) is 1.75. The van der Waals surface area contributed by atoms with Gasteiger partial charge in [0.1, 0.15) is 0 Å². The van der Waals surface area contributed by atoms with Crippen molar-refractivity contribution in [3.8, 4) is 11.5 Å². The van der Waals surface area contributed by atoms with Crippen LogP contribution in [0, 0.1) is 6.92 Å². The van der Waals surface area contributed by atoms with E-state index < -0.39 is 5.63 Å². The lowest BCUT2D eigenvalue weighted by atomic mass is 10.1. The van der Waals surface area contributed by atoms with Crippen LogP contribution < -0.4 is 5.63 Å². The van der Waals surface area contributed by atoms with E-state index in [9.17, 15) is 4.79 Å². The molecule has 1 heterocycles. The summed E-state index contributed by atoms with van der Waals surface area (Å²) < 4.78 is 6.13. The van der Waals surface area contributed by atoms with E-state index in [2.05, 4.69) is 20.9 Å². The van der Waals surface area contributed by atoms with Crippen LogP contribution in [0.3, 0.4) is 0 Å². The Morgan fingerprint density at radius 1 is 1.25 bits per heavy atom. The predicted octanol–water partition coefficient (Wildman–Crippen LogP) is 4.58. The lowest BCUT2D eigenvalue weighted by molar-refractivity contribution is 0.518. The van der Waals surface area contributed by atoms with Crippen molar-refractivity contribution in [2.75, 3.05) is 0 Å². The van der Waals surface area contributed by atoms with Crippen LogP contribution in [0.25, 0.3) is 22.4 Å². The molecule has 3 rings (SSSR count). The summed E-state index contributed by atoms with van der Waals surface area (Å²) in [4.78, 5) is 16.6. The fourth-order valence-electron chi connectivity index (χ4n) is 2.06. The lowest BCUT2D eigenvalue weighted by Gasteiger charge is -2.05. The summed E-state index contributed by atoms with van der Waals surface area (Å²) in [6.45, 7) is 1.87. The third kappa shape index (κ3) is 2.25. The van der Waals surface area contributed by atoms with E-state index >= 15 is 0 Å². The normalized spacial score (nSPS) is 10.9. The molecule has 0 saturated heterocycles. The molecule has 3 aromatic rings. The molecule has 0 amide bonds. The predicted molar refractivity (Wildman–Crippen MR) is 83.2 cm³/mol. The Bertz CT molecular complexity index is 873. The highest BCUT2D eigenvalue weighted by molar-refractivity contribution is 9.10. The van der Waals surface area contributed by atoms with Crippen LogP contribution in [0.15, 0.2) is 50.1 Å². The summed E-state index contributed by atoms with van der Waals surface area (Å²) in [5.74, 6) is 0.292. The first-order valence-corrected chi connectivity index (χ1v) is 7.09. The van der Waals surface area contributed by atoms with Crippen LogP contribution in [0.4, 0.5) is 0 Å². The quantitative estimate of drug-likeness (QED) is 0.645. The average Bonchev–Trinajstić information content (AvgIpc) is 2.40. The van der Waals surface area contributed by atoms with Gasteiger partial charge in [0.2, 0.25) is 5.89 Å². The molecular formula is C15H9BrClNO2. The molecule has 0 atom stereocenters. The first kappa shape index (κ1) is 13.3.